The molecule has 8 nitrogen and oxygen atoms in total. The van der Waals surface area contributed by atoms with Crippen LogP contribution in [0.15, 0.2) is 90.0 Å². The topological polar surface area (TPSA) is 97.5 Å². The standard InChI is InChI=1S/C25H20F6N4O4S/c1-39-21-13-11-19(12-14-21)34-15-18(32-33-34)16-35(40(37,38)22-5-3-2-4-6-22)20-9-7-17(8-10-20)23(36,24(26,27)28)25(29,30)31/h2-15,36H,16H2,1H3. The molecule has 0 atom stereocenters. The number of alkyl halides is 6. The zero-order valence-electron chi connectivity index (χ0n) is 20.4. The largest absolute Gasteiger partial charge is 0.497 e. The molecule has 0 aliphatic rings. The number of sulfonamides is 1. The van der Waals surface area contributed by atoms with Crippen LogP contribution in [0.1, 0.15) is 11.3 Å². The second kappa shape index (κ2) is 10.5. The van der Waals surface area contributed by atoms with Gasteiger partial charge >= 0.3 is 12.4 Å². The molecule has 3 aromatic carbocycles. The Labute approximate surface area is 224 Å². The van der Waals surface area contributed by atoms with Crippen molar-refractivity contribution in [3.63, 3.8) is 0 Å². The van der Waals surface area contributed by atoms with E-state index >= 15 is 0 Å². The molecule has 15 heteroatoms. The average Bonchev–Trinajstić information content (AvgIpc) is 3.39. The van der Waals surface area contributed by atoms with Crippen molar-refractivity contribution in [1.29, 1.82) is 0 Å². The Hall–Kier alpha value is -4.11. The normalized spacial score (nSPS) is 12.8. The lowest BCUT2D eigenvalue weighted by molar-refractivity contribution is -0.376. The maximum atomic E-state index is 13.5. The van der Waals surface area contributed by atoms with Crippen molar-refractivity contribution in [3.8, 4) is 11.4 Å². The van der Waals surface area contributed by atoms with Crippen molar-refractivity contribution in [2.45, 2.75) is 29.4 Å². The number of anilines is 1. The molecule has 0 bridgehead atoms. The van der Waals surface area contributed by atoms with Gasteiger partial charge in [-0.25, -0.2) is 13.1 Å². The Morgan fingerprint density at radius 3 is 1.98 bits per heavy atom. The minimum Gasteiger partial charge on any atom is -0.497 e. The zero-order chi connectivity index (χ0) is 29.3. The fraction of sp³-hybridized carbons (Fsp3) is 0.200. The van der Waals surface area contributed by atoms with Gasteiger partial charge < -0.3 is 9.84 Å². The SMILES string of the molecule is COc1ccc(-n2cc(CN(c3ccc(C(O)(C(F)(F)F)C(F)(F)F)cc3)S(=O)(=O)c3ccccc3)nn2)cc1. The first kappa shape index (κ1) is 28.9. The van der Waals surface area contributed by atoms with Gasteiger partial charge in [-0.3, -0.25) is 4.31 Å². The van der Waals surface area contributed by atoms with Gasteiger partial charge in [0.05, 0.1) is 36.1 Å². The van der Waals surface area contributed by atoms with E-state index in [9.17, 15) is 39.9 Å². The van der Waals surface area contributed by atoms with Crippen LogP contribution in [0.2, 0.25) is 0 Å². The van der Waals surface area contributed by atoms with E-state index < -0.39 is 40.1 Å². The molecular formula is C25H20F6N4O4S. The summed E-state index contributed by atoms with van der Waals surface area (Å²) < 4.78 is 114. The second-order valence-electron chi connectivity index (χ2n) is 8.43. The van der Waals surface area contributed by atoms with E-state index in [1.165, 1.54) is 42.3 Å². The minimum absolute atomic E-state index is 0.112. The molecule has 0 spiro atoms. The number of halogens is 6. The minimum atomic E-state index is -6.09. The fourth-order valence-electron chi connectivity index (χ4n) is 3.77. The summed E-state index contributed by atoms with van der Waals surface area (Å²) in [5.41, 5.74) is -6.30. The number of aromatic nitrogens is 3. The van der Waals surface area contributed by atoms with Crippen LogP contribution < -0.4 is 9.04 Å². The summed E-state index contributed by atoms with van der Waals surface area (Å²) in [6.07, 6.45) is -10.8. The van der Waals surface area contributed by atoms with Crippen molar-refractivity contribution in [1.82, 2.24) is 15.0 Å². The van der Waals surface area contributed by atoms with E-state index in [1.54, 1.807) is 30.3 Å². The third-order valence-corrected chi connectivity index (χ3v) is 7.70. The van der Waals surface area contributed by atoms with Crippen LogP contribution >= 0.6 is 0 Å². The summed E-state index contributed by atoms with van der Waals surface area (Å²) in [6.45, 7) is -0.477. The summed E-state index contributed by atoms with van der Waals surface area (Å²) >= 11 is 0. The fourth-order valence-corrected chi connectivity index (χ4v) is 5.23. The molecule has 0 fully saturated rings. The van der Waals surface area contributed by atoms with E-state index in [1.807, 2.05) is 0 Å². The van der Waals surface area contributed by atoms with Gasteiger partial charge in [0.25, 0.3) is 15.6 Å². The van der Waals surface area contributed by atoms with Crippen molar-refractivity contribution in [3.05, 3.63) is 96.3 Å². The molecule has 0 radical (unpaired) electrons. The molecule has 1 heterocycles. The van der Waals surface area contributed by atoms with Crippen LogP contribution in [0.4, 0.5) is 32.0 Å². The molecule has 0 amide bonds. The van der Waals surface area contributed by atoms with Gasteiger partial charge in [0.15, 0.2) is 0 Å². The summed E-state index contributed by atoms with van der Waals surface area (Å²) in [6, 6.07) is 15.9. The summed E-state index contributed by atoms with van der Waals surface area (Å²) in [7, 11) is -2.90. The van der Waals surface area contributed by atoms with Crippen molar-refractivity contribution in [2.75, 3.05) is 11.4 Å². The van der Waals surface area contributed by atoms with Crippen LogP contribution in [0.5, 0.6) is 5.75 Å². The maximum Gasteiger partial charge on any atom is 0.430 e. The molecule has 0 aliphatic carbocycles. The monoisotopic (exact) mass is 586 g/mol. The molecule has 0 saturated carbocycles. The number of hydrogen-bond acceptors (Lipinski definition) is 6. The van der Waals surface area contributed by atoms with Crippen LogP contribution in [-0.2, 0) is 22.2 Å². The van der Waals surface area contributed by atoms with Gasteiger partial charge in [0.1, 0.15) is 11.4 Å². The lowest BCUT2D eigenvalue weighted by Gasteiger charge is -2.33. The van der Waals surface area contributed by atoms with Gasteiger partial charge in [0.2, 0.25) is 0 Å². The number of ether oxygens (including phenoxy) is 1. The Morgan fingerprint density at radius 1 is 0.875 bits per heavy atom. The highest BCUT2D eigenvalue weighted by Crippen LogP contribution is 2.50. The van der Waals surface area contributed by atoms with Gasteiger partial charge in [0, 0.05) is 5.56 Å². The molecule has 212 valence electrons. The van der Waals surface area contributed by atoms with E-state index in [0.717, 1.165) is 16.4 Å². The molecule has 0 saturated heterocycles. The van der Waals surface area contributed by atoms with E-state index in [-0.39, 0.29) is 16.3 Å². The number of hydrogen-bond donors (Lipinski definition) is 1. The first-order valence-electron chi connectivity index (χ1n) is 11.3. The molecule has 4 aromatic rings. The molecule has 4 rings (SSSR count). The molecular weight excluding hydrogens is 566 g/mol. The molecule has 0 aliphatic heterocycles. The predicted molar refractivity (Wildman–Crippen MR) is 130 cm³/mol. The van der Waals surface area contributed by atoms with E-state index in [2.05, 4.69) is 10.3 Å². The number of benzene rings is 3. The van der Waals surface area contributed by atoms with Crippen LogP contribution in [0, 0.1) is 0 Å². The molecule has 1 aromatic heterocycles. The third kappa shape index (κ3) is 5.34. The van der Waals surface area contributed by atoms with E-state index in [4.69, 9.17) is 4.74 Å². The second-order valence-corrected chi connectivity index (χ2v) is 10.3. The quantitative estimate of drug-likeness (QED) is 0.293. The van der Waals surface area contributed by atoms with Crippen LogP contribution in [0.25, 0.3) is 5.69 Å². The summed E-state index contributed by atoms with van der Waals surface area (Å²) in [5, 5.41) is 17.6. The Balaban J connectivity index is 1.75. The van der Waals surface area contributed by atoms with Crippen LogP contribution in [-0.4, -0.2) is 48.0 Å². The van der Waals surface area contributed by atoms with Gasteiger partial charge in [-0.2, -0.15) is 26.3 Å². The first-order valence-corrected chi connectivity index (χ1v) is 12.7. The highest BCUT2D eigenvalue weighted by molar-refractivity contribution is 7.92. The first-order chi connectivity index (χ1) is 18.7. The highest BCUT2D eigenvalue weighted by atomic mass is 32.2. The highest BCUT2D eigenvalue weighted by Gasteiger charge is 2.71. The van der Waals surface area contributed by atoms with Gasteiger partial charge in [-0.15, -0.1) is 5.10 Å². The zero-order valence-corrected chi connectivity index (χ0v) is 21.2. The van der Waals surface area contributed by atoms with Crippen molar-refractivity contribution >= 4 is 15.7 Å². The maximum absolute atomic E-state index is 13.5. The van der Waals surface area contributed by atoms with E-state index in [0.29, 0.717) is 23.6 Å². The number of methoxy groups -OCH3 is 1. The Bertz CT molecular complexity index is 1540. The summed E-state index contributed by atoms with van der Waals surface area (Å²) in [4.78, 5) is -0.191. The summed E-state index contributed by atoms with van der Waals surface area (Å²) in [5.74, 6) is 0.579. The molecule has 0 unspecified atom stereocenters. The Kier molecular flexibility index (Phi) is 7.56. The Morgan fingerprint density at radius 2 is 1.45 bits per heavy atom. The third-order valence-electron chi connectivity index (χ3n) is 5.91. The van der Waals surface area contributed by atoms with Crippen molar-refractivity contribution in [2.24, 2.45) is 0 Å². The number of aliphatic hydroxyl groups is 1. The van der Waals surface area contributed by atoms with Crippen molar-refractivity contribution < 1.29 is 44.6 Å². The van der Waals surface area contributed by atoms with Gasteiger partial charge in [-0.1, -0.05) is 35.5 Å². The smallest absolute Gasteiger partial charge is 0.430 e. The lowest BCUT2D eigenvalue weighted by atomic mass is 9.92. The predicted octanol–water partition coefficient (Wildman–Crippen LogP) is 4.98. The number of rotatable bonds is 8. The number of nitrogens with zero attached hydrogens (tertiary/aromatic N) is 4. The lowest BCUT2D eigenvalue weighted by Crippen LogP contribution is -2.53. The molecule has 1 N–H and O–H groups in total. The molecule has 40 heavy (non-hydrogen) atoms. The average molecular weight is 587 g/mol. The van der Waals surface area contributed by atoms with Gasteiger partial charge in [-0.05, 0) is 48.5 Å². The van der Waals surface area contributed by atoms with Crippen LogP contribution in [0.3, 0.4) is 0 Å².